The summed E-state index contributed by atoms with van der Waals surface area (Å²) < 4.78 is 4.93. The standard InChI is InChI=1S/C14H19N3O3/c1-3-20-14(19)10-4-5-12(11(15)8-10)17-7-6-16(2)13(18)9-17/h4-5,8H,3,6-7,9,15H2,1-2H3. The van der Waals surface area contributed by atoms with E-state index in [2.05, 4.69) is 0 Å². The van der Waals surface area contributed by atoms with Gasteiger partial charge in [0.15, 0.2) is 0 Å². The monoisotopic (exact) mass is 277 g/mol. The van der Waals surface area contributed by atoms with Gasteiger partial charge in [-0.1, -0.05) is 0 Å². The van der Waals surface area contributed by atoms with Crippen LogP contribution in [0, 0.1) is 0 Å². The van der Waals surface area contributed by atoms with Crippen molar-refractivity contribution in [2.24, 2.45) is 0 Å². The molecule has 1 saturated heterocycles. The van der Waals surface area contributed by atoms with Gasteiger partial charge in [0.05, 0.1) is 30.1 Å². The Labute approximate surface area is 118 Å². The molecular formula is C14H19N3O3. The first-order valence-electron chi connectivity index (χ1n) is 6.58. The zero-order valence-corrected chi connectivity index (χ0v) is 11.8. The lowest BCUT2D eigenvalue weighted by atomic mass is 10.1. The number of carbonyl (C=O) groups excluding carboxylic acids is 2. The second-order valence-corrected chi connectivity index (χ2v) is 4.73. The highest BCUT2D eigenvalue weighted by atomic mass is 16.5. The van der Waals surface area contributed by atoms with Crippen molar-refractivity contribution < 1.29 is 14.3 Å². The van der Waals surface area contributed by atoms with E-state index in [0.717, 1.165) is 12.2 Å². The maximum absolute atomic E-state index is 11.7. The van der Waals surface area contributed by atoms with E-state index in [-0.39, 0.29) is 11.9 Å². The van der Waals surface area contributed by atoms with Gasteiger partial charge >= 0.3 is 5.97 Å². The van der Waals surface area contributed by atoms with Crippen LogP contribution >= 0.6 is 0 Å². The second-order valence-electron chi connectivity index (χ2n) is 4.73. The average Bonchev–Trinajstić information content (AvgIpc) is 2.42. The Morgan fingerprint density at radius 3 is 2.75 bits per heavy atom. The van der Waals surface area contributed by atoms with Crippen LogP contribution in [0.4, 0.5) is 11.4 Å². The summed E-state index contributed by atoms with van der Waals surface area (Å²) in [5.41, 5.74) is 7.67. The molecule has 0 radical (unpaired) electrons. The second kappa shape index (κ2) is 5.81. The average molecular weight is 277 g/mol. The third-order valence-electron chi connectivity index (χ3n) is 3.34. The van der Waals surface area contributed by atoms with Crippen molar-refractivity contribution >= 4 is 23.3 Å². The van der Waals surface area contributed by atoms with Gasteiger partial charge in [-0.15, -0.1) is 0 Å². The number of nitrogens with zero attached hydrogens (tertiary/aromatic N) is 2. The summed E-state index contributed by atoms with van der Waals surface area (Å²) in [5, 5.41) is 0. The van der Waals surface area contributed by atoms with Gasteiger partial charge in [-0.2, -0.15) is 0 Å². The molecule has 6 nitrogen and oxygen atoms in total. The number of esters is 1. The summed E-state index contributed by atoms with van der Waals surface area (Å²) in [6, 6.07) is 5.03. The summed E-state index contributed by atoms with van der Waals surface area (Å²) >= 11 is 0. The molecule has 1 fully saturated rings. The number of carbonyl (C=O) groups is 2. The first kappa shape index (κ1) is 14.2. The third-order valence-corrected chi connectivity index (χ3v) is 3.34. The van der Waals surface area contributed by atoms with Gasteiger partial charge in [0.1, 0.15) is 0 Å². The van der Waals surface area contributed by atoms with Gasteiger partial charge in [-0.3, -0.25) is 4.79 Å². The number of likely N-dealkylation sites (N-methyl/N-ethyl adjacent to an activating group) is 1. The minimum atomic E-state index is -0.389. The van der Waals surface area contributed by atoms with E-state index in [1.165, 1.54) is 0 Å². The van der Waals surface area contributed by atoms with E-state index in [0.29, 0.717) is 30.9 Å². The van der Waals surface area contributed by atoms with Crippen molar-refractivity contribution in [1.82, 2.24) is 4.90 Å². The predicted octanol–water partition coefficient (Wildman–Crippen LogP) is 0.724. The molecule has 0 bridgehead atoms. The highest BCUT2D eigenvalue weighted by Gasteiger charge is 2.22. The van der Waals surface area contributed by atoms with Crippen LogP contribution < -0.4 is 10.6 Å². The van der Waals surface area contributed by atoms with Crippen LogP contribution in [0.15, 0.2) is 18.2 Å². The van der Waals surface area contributed by atoms with Crippen molar-refractivity contribution in [3.63, 3.8) is 0 Å². The smallest absolute Gasteiger partial charge is 0.338 e. The molecule has 1 amide bonds. The van der Waals surface area contributed by atoms with Crippen molar-refractivity contribution in [2.45, 2.75) is 6.92 Å². The number of hydrogen-bond donors (Lipinski definition) is 1. The molecule has 0 spiro atoms. The normalized spacial score (nSPS) is 15.4. The number of piperazine rings is 1. The summed E-state index contributed by atoms with van der Waals surface area (Å²) in [7, 11) is 1.78. The fraction of sp³-hybridized carbons (Fsp3) is 0.429. The molecule has 0 aromatic heterocycles. The molecule has 2 rings (SSSR count). The summed E-state index contributed by atoms with van der Waals surface area (Å²) in [6.07, 6.45) is 0. The van der Waals surface area contributed by atoms with Gasteiger partial charge in [0, 0.05) is 20.1 Å². The number of anilines is 2. The maximum Gasteiger partial charge on any atom is 0.338 e. The lowest BCUT2D eigenvalue weighted by Crippen LogP contribution is -2.48. The zero-order chi connectivity index (χ0) is 14.7. The van der Waals surface area contributed by atoms with E-state index in [1.807, 2.05) is 4.90 Å². The molecule has 108 valence electrons. The van der Waals surface area contributed by atoms with Crippen LogP contribution in [-0.2, 0) is 9.53 Å². The van der Waals surface area contributed by atoms with Gasteiger partial charge in [0.25, 0.3) is 0 Å². The molecule has 6 heteroatoms. The van der Waals surface area contributed by atoms with Crippen LogP contribution in [0.2, 0.25) is 0 Å². The first-order chi connectivity index (χ1) is 9.52. The van der Waals surface area contributed by atoms with Crippen molar-refractivity contribution in [1.29, 1.82) is 0 Å². The fourth-order valence-electron chi connectivity index (χ4n) is 2.15. The quantitative estimate of drug-likeness (QED) is 0.651. The highest BCUT2D eigenvalue weighted by Crippen LogP contribution is 2.25. The lowest BCUT2D eigenvalue weighted by Gasteiger charge is -2.34. The molecule has 1 aliphatic heterocycles. The Kier molecular flexibility index (Phi) is 4.12. The summed E-state index contributed by atoms with van der Waals surface area (Å²) in [5.74, 6) is -0.328. The molecule has 0 unspecified atom stereocenters. The molecule has 0 saturated carbocycles. The summed E-state index contributed by atoms with van der Waals surface area (Å²) in [4.78, 5) is 27.0. The van der Waals surface area contributed by atoms with E-state index in [9.17, 15) is 9.59 Å². The number of amides is 1. The Morgan fingerprint density at radius 1 is 1.40 bits per heavy atom. The maximum atomic E-state index is 11.7. The lowest BCUT2D eigenvalue weighted by molar-refractivity contribution is -0.129. The Hall–Kier alpha value is -2.24. The fourth-order valence-corrected chi connectivity index (χ4v) is 2.15. The predicted molar refractivity (Wildman–Crippen MR) is 76.7 cm³/mol. The van der Waals surface area contributed by atoms with Crippen LogP contribution in [0.1, 0.15) is 17.3 Å². The zero-order valence-electron chi connectivity index (χ0n) is 11.8. The van der Waals surface area contributed by atoms with E-state index in [4.69, 9.17) is 10.5 Å². The SMILES string of the molecule is CCOC(=O)c1ccc(N2CCN(C)C(=O)C2)c(N)c1. The van der Waals surface area contributed by atoms with Gasteiger partial charge in [-0.05, 0) is 25.1 Å². The van der Waals surface area contributed by atoms with Crippen LogP contribution in [0.3, 0.4) is 0 Å². The van der Waals surface area contributed by atoms with Gasteiger partial charge in [-0.25, -0.2) is 4.79 Å². The third kappa shape index (κ3) is 2.84. The van der Waals surface area contributed by atoms with Crippen molar-refractivity contribution in [3.8, 4) is 0 Å². The molecule has 1 heterocycles. The van der Waals surface area contributed by atoms with E-state index >= 15 is 0 Å². The number of hydrogen-bond acceptors (Lipinski definition) is 5. The molecule has 20 heavy (non-hydrogen) atoms. The molecule has 0 aliphatic carbocycles. The van der Waals surface area contributed by atoms with E-state index < -0.39 is 0 Å². The van der Waals surface area contributed by atoms with Crippen LogP contribution in [0.5, 0.6) is 0 Å². The van der Waals surface area contributed by atoms with Gasteiger partial charge < -0.3 is 20.3 Å². The van der Waals surface area contributed by atoms with Crippen LogP contribution in [-0.4, -0.2) is 50.1 Å². The van der Waals surface area contributed by atoms with Crippen molar-refractivity contribution in [2.75, 3.05) is 43.9 Å². The summed E-state index contributed by atoms with van der Waals surface area (Å²) in [6.45, 7) is 3.78. The Morgan fingerprint density at radius 2 is 2.15 bits per heavy atom. The van der Waals surface area contributed by atoms with Gasteiger partial charge in [0.2, 0.25) is 5.91 Å². The minimum Gasteiger partial charge on any atom is -0.462 e. The number of nitrogens with two attached hydrogens (primary N) is 1. The number of nitrogen functional groups attached to an aromatic ring is 1. The molecule has 1 aliphatic rings. The largest absolute Gasteiger partial charge is 0.462 e. The Balaban J connectivity index is 2.18. The van der Waals surface area contributed by atoms with Crippen molar-refractivity contribution in [3.05, 3.63) is 23.8 Å². The Bertz CT molecular complexity index is 530. The number of ether oxygens (including phenoxy) is 1. The number of benzene rings is 1. The molecule has 1 aromatic carbocycles. The van der Waals surface area contributed by atoms with E-state index in [1.54, 1.807) is 37.1 Å². The number of rotatable bonds is 3. The van der Waals surface area contributed by atoms with Crippen LogP contribution in [0.25, 0.3) is 0 Å². The highest BCUT2D eigenvalue weighted by molar-refractivity contribution is 5.92. The first-order valence-corrected chi connectivity index (χ1v) is 6.58. The minimum absolute atomic E-state index is 0.0603. The topological polar surface area (TPSA) is 75.9 Å². The molecule has 0 atom stereocenters. The molecular weight excluding hydrogens is 258 g/mol. The molecule has 1 aromatic rings. The molecule has 2 N–H and O–H groups in total.